The first-order valence-corrected chi connectivity index (χ1v) is 7.01. The third-order valence-electron chi connectivity index (χ3n) is 3.20. The van der Waals surface area contributed by atoms with Crippen molar-refractivity contribution in [1.29, 1.82) is 0 Å². The van der Waals surface area contributed by atoms with E-state index in [0.717, 1.165) is 15.9 Å². The number of para-hydroxylation sites is 1. The molecule has 0 aliphatic carbocycles. The van der Waals surface area contributed by atoms with E-state index in [1.165, 1.54) is 11.3 Å². The first-order chi connectivity index (χ1) is 9.58. The van der Waals surface area contributed by atoms with Crippen molar-refractivity contribution < 1.29 is 9.59 Å². The number of aryl methyl sites for hydroxylation is 2. The Morgan fingerprint density at radius 1 is 1.20 bits per heavy atom. The molecule has 0 aliphatic rings. The van der Waals surface area contributed by atoms with Gasteiger partial charge in [0.05, 0.1) is 10.6 Å². The van der Waals surface area contributed by atoms with Crippen molar-refractivity contribution >= 4 is 33.8 Å². The predicted molar refractivity (Wildman–Crippen MR) is 78.4 cm³/mol. The number of aromatic nitrogens is 2. The van der Waals surface area contributed by atoms with E-state index in [4.69, 9.17) is 0 Å². The standard InChI is InChI=1S/C15H12N2O2S/c1-9-16-12(8-20-9)15(19)14(18)11-7-17(2)13-6-4-3-5-10(11)13/h3-8H,1-2H3. The summed E-state index contributed by atoms with van der Waals surface area (Å²) in [5, 5.41) is 3.19. The Balaban J connectivity index is 2.07. The number of thiazole rings is 1. The first kappa shape index (κ1) is 12.7. The smallest absolute Gasteiger partial charge is 0.252 e. The molecule has 2 heterocycles. The van der Waals surface area contributed by atoms with Crippen LogP contribution >= 0.6 is 11.3 Å². The van der Waals surface area contributed by atoms with Gasteiger partial charge in [0.2, 0.25) is 5.78 Å². The highest BCUT2D eigenvalue weighted by molar-refractivity contribution is 7.09. The van der Waals surface area contributed by atoms with Crippen LogP contribution in [0.25, 0.3) is 10.9 Å². The van der Waals surface area contributed by atoms with Crippen LogP contribution in [0.2, 0.25) is 0 Å². The Hall–Kier alpha value is -2.27. The second-order valence-corrected chi connectivity index (χ2v) is 5.64. The monoisotopic (exact) mass is 284 g/mol. The summed E-state index contributed by atoms with van der Waals surface area (Å²) in [6.45, 7) is 1.81. The van der Waals surface area contributed by atoms with Crippen LogP contribution in [0.4, 0.5) is 0 Å². The first-order valence-electron chi connectivity index (χ1n) is 6.13. The molecule has 0 saturated carbocycles. The molecule has 1 aromatic carbocycles. The van der Waals surface area contributed by atoms with Crippen LogP contribution in [0.1, 0.15) is 25.9 Å². The summed E-state index contributed by atoms with van der Waals surface area (Å²) < 4.78 is 1.85. The van der Waals surface area contributed by atoms with Crippen LogP contribution in [0.15, 0.2) is 35.8 Å². The highest BCUT2D eigenvalue weighted by Gasteiger charge is 2.23. The zero-order valence-corrected chi connectivity index (χ0v) is 11.9. The van der Waals surface area contributed by atoms with Gasteiger partial charge in [0.1, 0.15) is 5.69 Å². The number of ketones is 2. The lowest BCUT2D eigenvalue weighted by Gasteiger charge is -1.96. The molecule has 0 unspecified atom stereocenters. The molecular weight excluding hydrogens is 272 g/mol. The van der Waals surface area contributed by atoms with Gasteiger partial charge < -0.3 is 4.57 Å². The maximum atomic E-state index is 12.4. The molecule has 0 saturated heterocycles. The summed E-state index contributed by atoms with van der Waals surface area (Å²) in [6, 6.07) is 7.53. The van der Waals surface area contributed by atoms with Gasteiger partial charge in [-0.1, -0.05) is 18.2 Å². The van der Waals surface area contributed by atoms with Crippen LogP contribution in [0, 0.1) is 6.92 Å². The summed E-state index contributed by atoms with van der Waals surface area (Å²) in [5.41, 5.74) is 1.59. The lowest BCUT2D eigenvalue weighted by molar-refractivity contribution is 0.0815. The molecule has 0 radical (unpaired) electrons. The normalized spacial score (nSPS) is 10.9. The third kappa shape index (κ3) is 1.96. The second-order valence-electron chi connectivity index (χ2n) is 4.58. The quantitative estimate of drug-likeness (QED) is 0.549. The molecule has 20 heavy (non-hydrogen) atoms. The molecule has 4 nitrogen and oxygen atoms in total. The number of rotatable bonds is 3. The predicted octanol–water partition coefficient (Wildman–Crippen LogP) is 3.01. The van der Waals surface area contributed by atoms with E-state index < -0.39 is 11.6 Å². The van der Waals surface area contributed by atoms with Gasteiger partial charge in [-0.25, -0.2) is 4.98 Å². The molecule has 0 spiro atoms. The van der Waals surface area contributed by atoms with Crippen molar-refractivity contribution in [2.75, 3.05) is 0 Å². The Morgan fingerprint density at radius 3 is 2.65 bits per heavy atom. The van der Waals surface area contributed by atoms with Gasteiger partial charge in [0.25, 0.3) is 5.78 Å². The number of fused-ring (bicyclic) bond motifs is 1. The number of Topliss-reactive ketones (excluding diaryl/α,β-unsaturated/α-hetero) is 2. The molecule has 2 aromatic heterocycles. The van der Waals surface area contributed by atoms with Gasteiger partial charge in [-0.2, -0.15) is 0 Å². The maximum Gasteiger partial charge on any atom is 0.252 e. The van der Waals surface area contributed by atoms with E-state index in [9.17, 15) is 9.59 Å². The van der Waals surface area contributed by atoms with Crippen LogP contribution in [-0.4, -0.2) is 21.1 Å². The summed E-state index contributed by atoms with van der Waals surface area (Å²) in [7, 11) is 1.86. The number of carbonyl (C=O) groups excluding carboxylic acids is 2. The highest BCUT2D eigenvalue weighted by atomic mass is 32.1. The van der Waals surface area contributed by atoms with E-state index in [-0.39, 0.29) is 5.69 Å². The van der Waals surface area contributed by atoms with Crippen LogP contribution < -0.4 is 0 Å². The molecule has 0 amide bonds. The molecule has 100 valence electrons. The van der Waals surface area contributed by atoms with Gasteiger partial charge in [-0.05, 0) is 13.0 Å². The Labute approximate surface area is 119 Å². The van der Waals surface area contributed by atoms with Crippen molar-refractivity contribution in [3.05, 3.63) is 52.1 Å². The summed E-state index contributed by atoms with van der Waals surface area (Å²) >= 11 is 1.36. The summed E-state index contributed by atoms with van der Waals surface area (Å²) in [6.07, 6.45) is 1.70. The molecule has 5 heteroatoms. The molecule has 3 aromatic rings. The fourth-order valence-corrected chi connectivity index (χ4v) is 2.82. The van der Waals surface area contributed by atoms with Crippen molar-refractivity contribution in [1.82, 2.24) is 9.55 Å². The minimum atomic E-state index is -0.550. The number of hydrogen-bond donors (Lipinski definition) is 0. The third-order valence-corrected chi connectivity index (χ3v) is 3.97. The average molecular weight is 284 g/mol. The fraction of sp³-hybridized carbons (Fsp3) is 0.133. The molecule has 0 N–H and O–H groups in total. The minimum absolute atomic E-state index is 0.227. The molecule has 3 rings (SSSR count). The number of carbonyl (C=O) groups is 2. The van der Waals surface area contributed by atoms with E-state index in [2.05, 4.69) is 4.98 Å². The van der Waals surface area contributed by atoms with Gasteiger partial charge in [0.15, 0.2) is 0 Å². The van der Waals surface area contributed by atoms with E-state index in [1.54, 1.807) is 11.6 Å². The van der Waals surface area contributed by atoms with Crippen molar-refractivity contribution in [2.24, 2.45) is 7.05 Å². The lowest BCUT2D eigenvalue weighted by Crippen LogP contribution is -2.14. The zero-order chi connectivity index (χ0) is 14.3. The number of hydrogen-bond acceptors (Lipinski definition) is 4. The fourth-order valence-electron chi connectivity index (χ4n) is 2.23. The van der Waals surface area contributed by atoms with Gasteiger partial charge >= 0.3 is 0 Å². The largest absolute Gasteiger partial charge is 0.350 e. The van der Waals surface area contributed by atoms with Crippen LogP contribution in [-0.2, 0) is 7.05 Å². The van der Waals surface area contributed by atoms with Gasteiger partial charge in [-0.15, -0.1) is 11.3 Å². The Kier molecular flexibility index (Phi) is 2.99. The molecule has 0 atom stereocenters. The number of nitrogens with zero attached hydrogens (tertiary/aromatic N) is 2. The second kappa shape index (κ2) is 4.68. The van der Waals surface area contributed by atoms with Crippen molar-refractivity contribution in [3.8, 4) is 0 Å². The van der Waals surface area contributed by atoms with Gasteiger partial charge in [0, 0.05) is 29.5 Å². The molecule has 0 aliphatic heterocycles. The average Bonchev–Trinajstić information content (AvgIpc) is 3.02. The highest BCUT2D eigenvalue weighted by Crippen LogP contribution is 2.22. The Bertz CT molecular complexity index is 829. The summed E-state index contributed by atoms with van der Waals surface area (Å²) in [4.78, 5) is 28.7. The number of benzene rings is 1. The summed E-state index contributed by atoms with van der Waals surface area (Å²) in [5.74, 6) is -1.06. The van der Waals surface area contributed by atoms with E-state index in [1.807, 2.05) is 42.8 Å². The molecule has 0 fully saturated rings. The van der Waals surface area contributed by atoms with Gasteiger partial charge in [-0.3, -0.25) is 9.59 Å². The van der Waals surface area contributed by atoms with Crippen LogP contribution in [0.5, 0.6) is 0 Å². The van der Waals surface area contributed by atoms with Crippen LogP contribution in [0.3, 0.4) is 0 Å². The maximum absolute atomic E-state index is 12.4. The zero-order valence-electron chi connectivity index (χ0n) is 11.1. The Morgan fingerprint density at radius 2 is 1.95 bits per heavy atom. The van der Waals surface area contributed by atoms with Crippen molar-refractivity contribution in [2.45, 2.75) is 6.92 Å². The molecular formula is C15H12N2O2S. The van der Waals surface area contributed by atoms with E-state index in [0.29, 0.717) is 5.56 Å². The SMILES string of the molecule is Cc1nc(C(=O)C(=O)c2cn(C)c3ccccc23)cs1. The lowest BCUT2D eigenvalue weighted by atomic mass is 10.1. The molecule has 0 bridgehead atoms. The minimum Gasteiger partial charge on any atom is -0.350 e. The topological polar surface area (TPSA) is 52.0 Å². The van der Waals surface area contributed by atoms with E-state index >= 15 is 0 Å². The van der Waals surface area contributed by atoms with Crippen molar-refractivity contribution in [3.63, 3.8) is 0 Å².